The van der Waals surface area contributed by atoms with Gasteiger partial charge in [-0.15, -0.1) is 0 Å². The van der Waals surface area contributed by atoms with E-state index in [1.165, 1.54) is 0 Å². The Balaban J connectivity index is 1.99. The number of nitrogens with one attached hydrogen (secondary N) is 1. The highest BCUT2D eigenvalue weighted by Crippen LogP contribution is 2.65. The second-order valence-corrected chi connectivity index (χ2v) is 6.65. The van der Waals surface area contributed by atoms with Crippen LogP contribution in [0.25, 0.3) is 0 Å². The third-order valence-electron chi connectivity index (χ3n) is 5.41. The monoisotopic (exact) mass is 333 g/mol. The summed E-state index contributed by atoms with van der Waals surface area (Å²) in [4.78, 5) is 26.7. The molecule has 2 aliphatic carbocycles. The lowest BCUT2D eigenvalue weighted by molar-refractivity contribution is -0.131. The van der Waals surface area contributed by atoms with Crippen molar-refractivity contribution in [1.29, 1.82) is 0 Å². The van der Waals surface area contributed by atoms with Gasteiger partial charge < -0.3 is 20.4 Å². The lowest BCUT2D eigenvalue weighted by Crippen LogP contribution is -2.46. The Kier molecular flexibility index (Phi) is 3.84. The Morgan fingerprint density at radius 2 is 2.08 bits per heavy atom. The first kappa shape index (κ1) is 16.8. The number of hydrogen-bond acceptors (Lipinski definition) is 7. The Hall–Kier alpha value is -2.06. The van der Waals surface area contributed by atoms with Gasteiger partial charge in [-0.2, -0.15) is 0 Å². The van der Waals surface area contributed by atoms with E-state index in [1.807, 2.05) is 6.92 Å². The van der Waals surface area contributed by atoms with Crippen LogP contribution >= 0.6 is 0 Å². The molecule has 1 heterocycles. The quantitative estimate of drug-likeness (QED) is 0.654. The molecule has 1 amide bonds. The molecule has 0 saturated heterocycles. The van der Waals surface area contributed by atoms with Crippen molar-refractivity contribution in [2.75, 3.05) is 19.0 Å². The molecular weight excluding hydrogens is 310 g/mol. The van der Waals surface area contributed by atoms with Gasteiger partial charge in [0.15, 0.2) is 5.82 Å². The van der Waals surface area contributed by atoms with Crippen LogP contribution in [0, 0.1) is 25.2 Å². The highest BCUT2D eigenvalue weighted by Gasteiger charge is 2.75. The second-order valence-electron chi connectivity index (χ2n) is 6.65. The molecule has 24 heavy (non-hydrogen) atoms. The molecule has 0 bridgehead atoms. The van der Waals surface area contributed by atoms with Gasteiger partial charge in [0.2, 0.25) is 5.91 Å². The van der Waals surface area contributed by atoms with E-state index in [1.54, 1.807) is 25.9 Å². The minimum absolute atomic E-state index is 0.138. The van der Waals surface area contributed by atoms with Crippen molar-refractivity contribution in [3.63, 3.8) is 0 Å². The largest absolute Gasteiger partial charge is 0.389 e. The van der Waals surface area contributed by atoms with E-state index in [0.717, 1.165) is 0 Å². The van der Waals surface area contributed by atoms with Gasteiger partial charge in [0.05, 0.1) is 23.3 Å². The molecular formula is C16H23N5O3. The van der Waals surface area contributed by atoms with Crippen LogP contribution in [0.2, 0.25) is 0 Å². The zero-order chi connectivity index (χ0) is 17.8. The third kappa shape index (κ3) is 2.06. The molecule has 130 valence electrons. The van der Waals surface area contributed by atoms with Gasteiger partial charge in [-0.25, -0.2) is 9.97 Å². The maximum Gasteiger partial charge on any atom is 0.229 e. The van der Waals surface area contributed by atoms with Crippen LogP contribution in [-0.2, 0) is 4.79 Å². The zero-order valence-corrected chi connectivity index (χ0v) is 14.3. The molecule has 1 aromatic rings. The predicted octanol–water partition coefficient (Wildman–Crippen LogP) is -0.282. The minimum Gasteiger partial charge on any atom is -0.389 e. The van der Waals surface area contributed by atoms with E-state index >= 15 is 0 Å². The number of aliphatic hydroxyl groups excluding tert-OH is 2. The summed E-state index contributed by atoms with van der Waals surface area (Å²) in [5.41, 5.74) is 0.329. The zero-order valence-electron chi connectivity index (χ0n) is 14.3. The number of aliphatic hydroxyl groups is 2. The number of carbonyl (C=O) groups excluding carboxylic acids is 1. The fourth-order valence-electron chi connectivity index (χ4n) is 4.19. The molecule has 0 spiro atoms. The lowest BCUT2D eigenvalue weighted by atomic mass is 9.98. The van der Waals surface area contributed by atoms with Crippen molar-refractivity contribution < 1.29 is 15.0 Å². The predicted molar refractivity (Wildman–Crippen MR) is 89.5 cm³/mol. The Bertz CT molecular complexity index is 709. The summed E-state index contributed by atoms with van der Waals surface area (Å²) in [7, 11) is 3.33. The van der Waals surface area contributed by atoms with Crippen LogP contribution < -0.4 is 10.2 Å². The summed E-state index contributed by atoms with van der Waals surface area (Å²) in [6.45, 7) is 7.18. The van der Waals surface area contributed by atoms with Crippen molar-refractivity contribution in [3.8, 4) is 0 Å². The number of anilines is 1. The molecule has 3 N–H and O–H groups in total. The van der Waals surface area contributed by atoms with E-state index in [4.69, 9.17) is 0 Å². The molecule has 5 atom stereocenters. The maximum atomic E-state index is 12.2. The van der Waals surface area contributed by atoms with E-state index in [0.29, 0.717) is 29.4 Å². The van der Waals surface area contributed by atoms with Crippen LogP contribution in [0.3, 0.4) is 0 Å². The lowest BCUT2D eigenvalue weighted by Gasteiger charge is -2.32. The molecule has 2 saturated carbocycles. The van der Waals surface area contributed by atoms with Gasteiger partial charge in [-0.1, -0.05) is 0 Å². The second kappa shape index (κ2) is 5.49. The normalized spacial score (nSPS) is 33.8. The number of aliphatic imine (C=N–C) groups is 1. The van der Waals surface area contributed by atoms with E-state index < -0.39 is 23.7 Å². The molecule has 2 aliphatic rings. The summed E-state index contributed by atoms with van der Waals surface area (Å²) in [5.74, 6) is 0.766. The fourth-order valence-corrected chi connectivity index (χ4v) is 4.19. The van der Waals surface area contributed by atoms with Crippen molar-refractivity contribution in [2.45, 2.75) is 38.5 Å². The number of aryl methyl sites for hydroxylation is 2. The van der Waals surface area contributed by atoms with Gasteiger partial charge >= 0.3 is 0 Å². The number of aromatic nitrogens is 2. The van der Waals surface area contributed by atoms with Gasteiger partial charge in [-0.3, -0.25) is 9.79 Å². The number of amides is 1. The molecule has 3 rings (SSSR count). The van der Waals surface area contributed by atoms with E-state index in [-0.39, 0.29) is 11.8 Å². The number of nitrogens with zero attached hydrogens (tertiary/aromatic N) is 4. The number of fused-ring (bicyclic) bond motifs is 1. The molecule has 8 heteroatoms. The maximum absolute atomic E-state index is 12.2. The first-order chi connectivity index (χ1) is 11.3. The Labute approximate surface area is 140 Å². The SMILES string of the molecule is C=Nc1c(C)nc(C)nc1N(C)C1C(O)C(O)C2(C(=O)NC)CC12. The summed E-state index contributed by atoms with van der Waals surface area (Å²) < 4.78 is 0. The molecule has 0 radical (unpaired) electrons. The van der Waals surface area contributed by atoms with Crippen molar-refractivity contribution >= 4 is 24.1 Å². The summed E-state index contributed by atoms with van der Waals surface area (Å²) in [6, 6.07) is -0.425. The first-order valence-electron chi connectivity index (χ1n) is 7.92. The average molecular weight is 333 g/mol. The molecule has 0 aliphatic heterocycles. The van der Waals surface area contributed by atoms with Crippen molar-refractivity contribution in [2.24, 2.45) is 16.3 Å². The molecule has 5 unspecified atom stereocenters. The van der Waals surface area contributed by atoms with Gasteiger partial charge in [0.25, 0.3) is 0 Å². The first-order valence-corrected chi connectivity index (χ1v) is 7.92. The smallest absolute Gasteiger partial charge is 0.229 e. The summed E-state index contributed by atoms with van der Waals surface area (Å²) >= 11 is 0. The van der Waals surface area contributed by atoms with Crippen LogP contribution in [0.1, 0.15) is 17.9 Å². The van der Waals surface area contributed by atoms with Gasteiger partial charge in [-0.05, 0) is 27.0 Å². The Morgan fingerprint density at radius 1 is 1.42 bits per heavy atom. The van der Waals surface area contributed by atoms with Gasteiger partial charge in [0.1, 0.15) is 17.6 Å². The van der Waals surface area contributed by atoms with Crippen molar-refractivity contribution in [1.82, 2.24) is 15.3 Å². The number of hydrogen-bond donors (Lipinski definition) is 3. The Morgan fingerprint density at radius 3 is 2.67 bits per heavy atom. The highest BCUT2D eigenvalue weighted by molar-refractivity contribution is 5.88. The number of carbonyl (C=O) groups is 1. The van der Waals surface area contributed by atoms with Gasteiger partial charge in [0, 0.05) is 20.0 Å². The topological polar surface area (TPSA) is 111 Å². The molecule has 8 nitrogen and oxygen atoms in total. The van der Waals surface area contributed by atoms with Crippen molar-refractivity contribution in [3.05, 3.63) is 11.5 Å². The van der Waals surface area contributed by atoms with E-state index in [2.05, 4.69) is 27.0 Å². The standard InChI is InChI=1S/C16H23N5O3/c1-7-10(17-3)14(20-8(2)19-7)21(5)11-9-6-16(9,15(24)18-4)13(23)12(11)22/h9,11-13,22-23H,3,6H2,1-2,4-5H3,(H,18,24). The van der Waals surface area contributed by atoms with Crippen LogP contribution in [0.5, 0.6) is 0 Å². The molecule has 2 fully saturated rings. The minimum atomic E-state index is -1.10. The van der Waals surface area contributed by atoms with Crippen LogP contribution in [-0.4, -0.2) is 65.2 Å². The number of rotatable bonds is 4. The van der Waals surface area contributed by atoms with E-state index in [9.17, 15) is 15.0 Å². The van der Waals surface area contributed by atoms with Crippen LogP contribution in [0.15, 0.2) is 4.99 Å². The summed E-state index contributed by atoms with van der Waals surface area (Å²) in [5, 5.41) is 23.6. The molecule has 0 aromatic carbocycles. The highest BCUT2D eigenvalue weighted by atomic mass is 16.3. The molecule has 1 aromatic heterocycles. The number of likely N-dealkylation sites (N-methyl/N-ethyl adjacent to an activating group) is 1. The average Bonchev–Trinajstić information content (AvgIpc) is 3.24. The summed E-state index contributed by atoms with van der Waals surface area (Å²) in [6.07, 6.45) is -1.60. The fraction of sp³-hybridized carbons (Fsp3) is 0.625. The van der Waals surface area contributed by atoms with Crippen LogP contribution in [0.4, 0.5) is 11.5 Å². The third-order valence-corrected chi connectivity index (χ3v) is 5.41.